The van der Waals surface area contributed by atoms with Crippen molar-refractivity contribution in [3.05, 3.63) is 35.1 Å². The van der Waals surface area contributed by atoms with Gasteiger partial charge in [0, 0.05) is 11.8 Å². The molecule has 0 aromatic heterocycles. The van der Waals surface area contributed by atoms with Gasteiger partial charge in [-0.1, -0.05) is 13.0 Å². The molecule has 17 heavy (non-hydrogen) atoms. The first-order valence-electron chi connectivity index (χ1n) is 6.27. The van der Waals surface area contributed by atoms with E-state index in [1.54, 1.807) is 12.1 Å². The zero-order valence-corrected chi connectivity index (χ0v) is 11.3. The van der Waals surface area contributed by atoms with Gasteiger partial charge >= 0.3 is 0 Å². The highest BCUT2D eigenvalue weighted by Crippen LogP contribution is 2.28. The molecule has 1 aromatic rings. The Morgan fingerprint density at radius 3 is 3.00 bits per heavy atom. The van der Waals surface area contributed by atoms with Crippen LogP contribution in [0, 0.1) is 18.7 Å². The Balaban J connectivity index is 2.06. The summed E-state index contributed by atoms with van der Waals surface area (Å²) >= 11 is 2.00. The average molecular weight is 253 g/mol. The summed E-state index contributed by atoms with van der Waals surface area (Å²) in [5.74, 6) is 2.90. The molecule has 3 heteroatoms. The molecule has 94 valence electrons. The molecule has 0 saturated carbocycles. The number of hydrogen-bond donors (Lipinski definition) is 1. The van der Waals surface area contributed by atoms with E-state index >= 15 is 0 Å². The van der Waals surface area contributed by atoms with Crippen LogP contribution in [0.15, 0.2) is 18.2 Å². The standard InChI is InChI=1S/C14H20FNS/c1-3-16-14-9-17-8-12(14)6-11-7-13(15)5-4-10(11)2/h4-5,7,12,14,16H,3,6,8-9H2,1-2H3. The normalized spacial score (nSPS) is 24.2. The third-order valence-corrected chi connectivity index (χ3v) is 4.72. The highest BCUT2D eigenvalue weighted by molar-refractivity contribution is 7.99. The molecule has 2 rings (SSSR count). The lowest BCUT2D eigenvalue weighted by atomic mass is 9.92. The Morgan fingerprint density at radius 1 is 1.41 bits per heavy atom. The summed E-state index contributed by atoms with van der Waals surface area (Å²) in [6.07, 6.45) is 0.994. The Morgan fingerprint density at radius 2 is 2.24 bits per heavy atom. The van der Waals surface area contributed by atoms with Crippen LogP contribution in [-0.4, -0.2) is 24.1 Å². The molecule has 1 fully saturated rings. The molecule has 1 aromatic carbocycles. The van der Waals surface area contributed by atoms with Crippen molar-refractivity contribution in [1.29, 1.82) is 0 Å². The summed E-state index contributed by atoms with van der Waals surface area (Å²) in [6.45, 7) is 5.23. The first-order chi connectivity index (χ1) is 8.20. The SMILES string of the molecule is CCNC1CSCC1Cc1cc(F)ccc1C. The summed E-state index contributed by atoms with van der Waals surface area (Å²) in [6, 6.07) is 5.72. The van der Waals surface area contributed by atoms with Crippen LogP contribution in [0.1, 0.15) is 18.1 Å². The van der Waals surface area contributed by atoms with Crippen LogP contribution >= 0.6 is 11.8 Å². The molecule has 0 bridgehead atoms. The molecule has 1 aliphatic rings. The number of rotatable bonds is 4. The average Bonchev–Trinajstić information content (AvgIpc) is 2.72. The van der Waals surface area contributed by atoms with E-state index in [1.165, 1.54) is 22.6 Å². The maximum Gasteiger partial charge on any atom is 0.123 e. The van der Waals surface area contributed by atoms with Gasteiger partial charge in [0.25, 0.3) is 0 Å². The fraction of sp³-hybridized carbons (Fsp3) is 0.571. The van der Waals surface area contributed by atoms with Crippen molar-refractivity contribution in [2.24, 2.45) is 5.92 Å². The molecule has 2 unspecified atom stereocenters. The Labute approximate surface area is 107 Å². The molecule has 1 aliphatic heterocycles. The van der Waals surface area contributed by atoms with Crippen molar-refractivity contribution >= 4 is 11.8 Å². The minimum Gasteiger partial charge on any atom is -0.313 e. The van der Waals surface area contributed by atoms with Gasteiger partial charge in [0.2, 0.25) is 0 Å². The molecule has 1 nitrogen and oxygen atoms in total. The van der Waals surface area contributed by atoms with Gasteiger partial charge in [0.15, 0.2) is 0 Å². The molecule has 2 atom stereocenters. The molecular weight excluding hydrogens is 233 g/mol. The third-order valence-electron chi connectivity index (χ3n) is 3.46. The van der Waals surface area contributed by atoms with Crippen LogP contribution < -0.4 is 5.32 Å². The van der Waals surface area contributed by atoms with Crippen molar-refractivity contribution < 1.29 is 4.39 Å². The number of nitrogens with one attached hydrogen (secondary N) is 1. The van der Waals surface area contributed by atoms with Gasteiger partial charge in [-0.2, -0.15) is 11.8 Å². The van der Waals surface area contributed by atoms with Gasteiger partial charge in [-0.25, -0.2) is 4.39 Å². The van der Waals surface area contributed by atoms with E-state index in [2.05, 4.69) is 19.2 Å². The van der Waals surface area contributed by atoms with Crippen molar-refractivity contribution in [2.75, 3.05) is 18.1 Å². The highest BCUT2D eigenvalue weighted by Gasteiger charge is 2.27. The van der Waals surface area contributed by atoms with Crippen LogP contribution in [0.2, 0.25) is 0 Å². The lowest BCUT2D eigenvalue weighted by Gasteiger charge is -2.20. The summed E-state index contributed by atoms with van der Waals surface area (Å²) < 4.78 is 13.2. The second kappa shape index (κ2) is 5.87. The second-order valence-electron chi connectivity index (χ2n) is 4.74. The fourth-order valence-electron chi connectivity index (χ4n) is 2.43. The maximum absolute atomic E-state index is 13.2. The first-order valence-corrected chi connectivity index (χ1v) is 7.42. The van der Waals surface area contributed by atoms with Crippen LogP contribution in [0.3, 0.4) is 0 Å². The predicted molar refractivity (Wildman–Crippen MR) is 73.1 cm³/mol. The number of halogens is 1. The molecule has 0 spiro atoms. The van der Waals surface area contributed by atoms with Crippen LogP contribution in [0.25, 0.3) is 0 Å². The van der Waals surface area contributed by atoms with Gasteiger partial charge in [0.05, 0.1) is 0 Å². The monoisotopic (exact) mass is 253 g/mol. The van der Waals surface area contributed by atoms with Gasteiger partial charge < -0.3 is 5.32 Å². The zero-order valence-electron chi connectivity index (χ0n) is 10.5. The fourth-order valence-corrected chi connectivity index (χ4v) is 3.86. The van der Waals surface area contributed by atoms with Gasteiger partial charge in [-0.15, -0.1) is 0 Å². The van der Waals surface area contributed by atoms with E-state index in [4.69, 9.17) is 0 Å². The Bertz CT molecular complexity index is 380. The van der Waals surface area contributed by atoms with E-state index in [1.807, 2.05) is 17.8 Å². The molecular formula is C14H20FNS. The summed E-state index contributed by atoms with van der Waals surface area (Å²) in [5, 5.41) is 3.53. The Kier molecular flexibility index (Phi) is 4.46. The molecule has 0 radical (unpaired) electrons. The molecule has 0 amide bonds. The van der Waals surface area contributed by atoms with E-state index in [9.17, 15) is 4.39 Å². The van der Waals surface area contributed by atoms with E-state index in [0.717, 1.165) is 13.0 Å². The minimum absolute atomic E-state index is 0.115. The minimum atomic E-state index is -0.115. The predicted octanol–water partition coefficient (Wildman–Crippen LogP) is 3.02. The first kappa shape index (κ1) is 12.9. The number of aryl methyl sites for hydroxylation is 1. The number of benzene rings is 1. The summed E-state index contributed by atoms with van der Waals surface area (Å²) in [7, 11) is 0. The zero-order chi connectivity index (χ0) is 12.3. The van der Waals surface area contributed by atoms with E-state index in [0.29, 0.717) is 12.0 Å². The smallest absolute Gasteiger partial charge is 0.123 e. The Hall–Kier alpha value is -0.540. The molecule has 1 N–H and O–H groups in total. The summed E-state index contributed by atoms with van der Waals surface area (Å²) in [4.78, 5) is 0. The third kappa shape index (κ3) is 3.23. The van der Waals surface area contributed by atoms with Crippen LogP contribution in [0.4, 0.5) is 4.39 Å². The van der Waals surface area contributed by atoms with E-state index in [-0.39, 0.29) is 5.82 Å². The lowest BCUT2D eigenvalue weighted by molar-refractivity contribution is 0.432. The van der Waals surface area contributed by atoms with Crippen molar-refractivity contribution in [3.8, 4) is 0 Å². The maximum atomic E-state index is 13.2. The van der Waals surface area contributed by atoms with Crippen molar-refractivity contribution in [3.63, 3.8) is 0 Å². The largest absolute Gasteiger partial charge is 0.313 e. The van der Waals surface area contributed by atoms with Gasteiger partial charge in [-0.05, 0) is 54.8 Å². The quantitative estimate of drug-likeness (QED) is 0.885. The topological polar surface area (TPSA) is 12.0 Å². The van der Waals surface area contributed by atoms with Crippen molar-refractivity contribution in [1.82, 2.24) is 5.32 Å². The molecule has 1 saturated heterocycles. The van der Waals surface area contributed by atoms with Crippen LogP contribution in [-0.2, 0) is 6.42 Å². The molecule has 0 aliphatic carbocycles. The lowest BCUT2D eigenvalue weighted by Crippen LogP contribution is -2.36. The highest BCUT2D eigenvalue weighted by atomic mass is 32.2. The summed E-state index contributed by atoms with van der Waals surface area (Å²) in [5.41, 5.74) is 2.37. The molecule has 1 heterocycles. The van der Waals surface area contributed by atoms with Gasteiger partial charge in [-0.3, -0.25) is 0 Å². The number of thioether (sulfide) groups is 1. The van der Waals surface area contributed by atoms with Gasteiger partial charge in [0.1, 0.15) is 5.82 Å². The van der Waals surface area contributed by atoms with Crippen LogP contribution in [0.5, 0.6) is 0 Å². The number of hydrogen-bond acceptors (Lipinski definition) is 2. The van der Waals surface area contributed by atoms with E-state index < -0.39 is 0 Å². The van der Waals surface area contributed by atoms with Crippen molar-refractivity contribution in [2.45, 2.75) is 26.3 Å². The second-order valence-corrected chi connectivity index (χ2v) is 5.81.